The molecule has 2 heterocycles. The number of carbonyl (C=O) groups is 2. The highest BCUT2D eigenvalue weighted by atomic mass is 16.7. The van der Waals surface area contributed by atoms with Crippen LogP contribution < -0.4 is 0 Å². The van der Waals surface area contributed by atoms with Crippen LogP contribution in [0.25, 0.3) is 0 Å². The molecule has 2 aliphatic rings. The Morgan fingerprint density at radius 2 is 1.36 bits per heavy atom. The summed E-state index contributed by atoms with van der Waals surface area (Å²) in [5.41, 5.74) is 0. The third kappa shape index (κ3) is 12.0. The molecule has 12 nitrogen and oxygen atoms in total. The number of cyclic esters (lactones) is 1. The number of rotatable bonds is 22. The zero-order chi connectivity index (χ0) is 30.9. The Kier molecular flexibility index (Phi) is 17.3. The van der Waals surface area contributed by atoms with Crippen molar-refractivity contribution in [2.75, 3.05) is 13.2 Å². The zero-order valence-corrected chi connectivity index (χ0v) is 24.9. The van der Waals surface area contributed by atoms with E-state index in [4.69, 9.17) is 18.9 Å². The van der Waals surface area contributed by atoms with E-state index in [-0.39, 0.29) is 6.42 Å². The second kappa shape index (κ2) is 20.1. The SMILES string of the molecule is CCCCCCCCCCCCCCCCCC(=O)OC[C@H](O)[C@H]1OC(=O)C(O[C@H]2O[C@H](CO)[C@@H](O)[C@H](O)[C@H]2O)=C1O. The highest BCUT2D eigenvalue weighted by Crippen LogP contribution is 2.29. The lowest BCUT2D eigenvalue weighted by Crippen LogP contribution is -2.59. The standard InChI is InChI=1S/C30H52O12/c1-2-3-4-5-6-7-8-9-10-11-12-13-14-15-16-17-22(33)39-19-20(32)27-26(37)28(29(38)41-27)42-30-25(36)24(35)23(34)21(18-31)40-30/h20-21,23-25,27,30-32,34-37H,2-19H2,1H3/t20-,21+,23+,24-,25+,27+,30+/m0/s1. The molecule has 0 radical (unpaired) electrons. The number of hydrogen-bond acceptors (Lipinski definition) is 12. The van der Waals surface area contributed by atoms with Crippen molar-refractivity contribution in [2.24, 2.45) is 0 Å². The van der Waals surface area contributed by atoms with Gasteiger partial charge in [-0.05, 0) is 6.42 Å². The first-order valence-electron chi connectivity index (χ1n) is 15.7. The molecule has 244 valence electrons. The molecule has 42 heavy (non-hydrogen) atoms. The highest BCUT2D eigenvalue weighted by molar-refractivity contribution is 5.89. The Labute approximate surface area is 248 Å². The van der Waals surface area contributed by atoms with Crippen molar-refractivity contribution in [3.05, 3.63) is 11.5 Å². The van der Waals surface area contributed by atoms with Crippen molar-refractivity contribution in [2.45, 2.75) is 153 Å². The lowest BCUT2D eigenvalue weighted by Gasteiger charge is -2.39. The van der Waals surface area contributed by atoms with Gasteiger partial charge in [-0.15, -0.1) is 0 Å². The van der Waals surface area contributed by atoms with Crippen molar-refractivity contribution in [3.8, 4) is 0 Å². The molecule has 1 fully saturated rings. The van der Waals surface area contributed by atoms with E-state index >= 15 is 0 Å². The quantitative estimate of drug-likeness (QED) is 0.0783. The maximum absolute atomic E-state index is 12.2. The number of hydrogen-bond donors (Lipinski definition) is 6. The largest absolute Gasteiger partial charge is 0.505 e. The molecule has 6 N–H and O–H groups in total. The van der Waals surface area contributed by atoms with Crippen LogP contribution in [-0.2, 0) is 28.5 Å². The van der Waals surface area contributed by atoms with E-state index in [1.807, 2.05) is 0 Å². The number of esters is 2. The molecule has 0 aliphatic carbocycles. The van der Waals surface area contributed by atoms with E-state index in [1.165, 1.54) is 70.6 Å². The van der Waals surface area contributed by atoms with Crippen LogP contribution in [0.4, 0.5) is 0 Å². The Bertz CT molecular complexity index is 816. The van der Waals surface area contributed by atoms with Gasteiger partial charge >= 0.3 is 11.9 Å². The first kappa shape index (κ1) is 36.2. The smallest absolute Gasteiger partial charge is 0.378 e. The molecular formula is C30H52O12. The molecule has 2 aliphatic heterocycles. The lowest BCUT2D eigenvalue weighted by molar-refractivity contribution is -0.291. The van der Waals surface area contributed by atoms with Crippen molar-refractivity contribution < 1.29 is 59.2 Å². The summed E-state index contributed by atoms with van der Waals surface area (Å²) >= 11 is 0. The first-order chi connectivity index (χ1) is 20.2. The molecule has 0 aromatic heterocycles. The number of aliphatic hydroxyl groups is 6. The van der Waals surface area contributed by atoms with Gasteiger partial charge in [0.1, 0.15) is 37.1 Å². The van der Waals surface area contributed by atoms with E-state index < -0.39 is 79.6 Å². The maximum Gasteiger partial charge on any atom is 0.378 e. The van der Waals surface area contributed by atoms with Gasteiger partial charge in [0.25, 0.3) is 0 Å². The third-order valence-electron chi connectivity index (χ3n) is 7.75. The van der Waals surface area contributed by atoms with Crippen molar-refractivity contribution in [1.82, 2.24) is 0 Å². The molecule has 12 heteroatoms. The number of aliphatic hydroxyl groups excluding tert-OH is 6. The van der Waals surface area contributed by atoms with Crippen LogP contribution in [0.2, 0.25) is 0 Å². The van der Waals surface area contributed by atoms with Gasteiger partial charge < -0.3 is 49.6 Å². The van der Waals surface area contributed by atoms with Crippen LogP contribution in [-0.4, -0.2) is 98.7 Å². The fraction of sp³-hybridized carbons (Fsp3) is 0.867. The van der Waals surface area contributed by atoms with E-state index in [2.05, 4.69) is 6.92 Å². The summed E-state index contributed by atoms with van der Waals surface area (Å²) < 4.78 is 20.3. The summed E-state index contributed by atoms with van der Waals surface area (Å²) in [5, 5.41) is 59.8. The average Bonchev–Trinajstić information content (AvgIpc) is 3.26. The van der Waals surface area contributed by atoms with Gasteiger partial charge in [0, 0.05) is 6.42 Å². The topological polar surface area (TPSA) is 192 Å². The Hall–Kier alpha value is -1.96. The van der Waals surface area contributed by atoms with Crippen molar-refractivity contribution >= 4 is 11.9 Å². The predicted molar refractivity (Wildman–Crippen MR) is 151 cm³/mol. The van der Waals surface area contributed by atoms with Crippen LogP contribution >= 0.6 is 0 Å². The Balaban J connectivity index is 1.57. The first-order valence-corrected chi connectivity index (χ1v) is 15.7. The second-order valence-corrected chi connectivity index (χ2v) is 11.3. The molecule has 0 unspecified atom stereocenters. The van der Waals surface area contributed by atoms with Gasteiger partial charge in [-0.3, -0.25) is 4.79 Å². The number of carbonyl (C=O) groups excluding carboxylic acids is 2. The van der Waals surface area contributed by atoms with Gasteiger partial charge in [-0.2, -0.15) is 0 Å². The summed E-state index contributed by atoms with van der Waals surface area (Å²) in [5.74, 6) is -3.30. The van der Waals surface area contributed by atoms with Crippen LogP contribution in [0.5, 0.6) is 0 Å². The van der Waals surface area contributed by atoms with Gasteiger partial charge in [0.05, 0.1) is 6.61 Å². The second-order valence-electron chi connectivity index (χ2n) is 11.3. The number of ether oxygens (including phenoxy) is 4. The van der Waals surface area contributed by atoms with Crippen LogP contribution in [0.3, 0.4) is 0 Å². The summed E-state index contributed by atoms with van der Waals surface area (Å²) in [7, 11) is 0. The van der Waals surface area contributed by atoms with Gasteiger partial charge in [0.2, 0.25) is 12.0 Å². The normalized spacial score (nSPS) is 26.8. The van der Waals surface area contributed by atoms with E-state index in [9.17, 15) is 40.2 Å². The maximum atomic E-state index is 12.2. The molecular weight excluding hydrogens is 552 g/mol. The number of unbranched alkanes of at least 4 members (excludes halogenated alkanes) is 14. The molecule has 1 saturated heterocycles. The molecule has 0 aromatic rings. The van der Waals surface area contributed by atoms with E-state index in [0.29, 0.717) is 6.42 Å². The summed E-state index contributed by atoms with van der Waals surface area (Å²) in [6, 6.07) is 0. The highest BCUT2D eigenvalue weighted by Gasteiger charge is 2.48. The Morgan fingerprint density at radius 3 is 1.88 bits per heavy atom. The molecule has 2 rings (SSSR count). The summed E-state index contributed by atoms with van der Waals surface area (Å²) in [6.07, 6.45) is 6.98. The van der Waals surface area contributed by atoms with Crippen LogP contribution in [0.15, 0.2) is 11.5 Å². The molecule has 0 aromatic carbocycles. The Morgan fingerprint density at radius 1 is 0.833 bits per heavy atom. The minimum Gasteiger partial charge on any atom is -0.505 e. The molecule has 0 saturated carbocycles. The van der Waals surface area contributed by atoms with Crippen molar-refractivity contribution in [1.29, 1.82) is 0 Å². The molecule has 0 bridgehead atoms. The van der Waals surface area contributed by atoms with Gasteiger partial charge in [-0.1, -0.05) is 96.8 Å². The van der Waals surface area contributed by atoms with Gasteiger partial charge in [0.15, 0.2) is 11.9 Å². The minimum atomic E-state index is -1.82. The van der Waals surface area contributed by atoms with E-state index in [0.717, 1.165) is 19.3 Å². The van der Waals surface area contributed by atoms with E-state index in [1.54, 1.807) is 0 Å². The summed E-state index contributed by atoms with van der Waals surface area (Å²) in [4.78, 5) is 24.3. The van der Waals surface area contributed by atoms with Crippen LogP contribution in [0.1, 0.15) is 110 Å². The minimum absolute atomic E-state index is 0.183. The molecule has 7 atom stereocenters. The van der Waals surface area contributed by atoms with Gasteiger partial charge in [-0.25, -0.2) is 4.79 Å². The monoisotopic (exact) mass is 604 g/mol. The third-order valence-corrected chi connectivity index (χ3v) is 7.75. The molecule has 0 spiro atoms. The lowest BCUT2D eigenvalue weighted by atomic mass is 9.99. The zero-order valence-electron chi connectivity index (χ0n) is 24.9. The van der Waals surface area contributed by atoms with Crippen molar-refractivity contribution in [3.63, 3.8) is 0 Å². The van der Waals surface area contributed by atoms with Crippen LogP contribution in [0, 0.1) is 0 Å². The fourth-order valence-electron chi connectivity index (χ4n) is 5.09. The summed E-state index contributed by atoms with van der Waals surface area (Å²) in [6.45, 7) is 0.988. The fourth-order valence-corrected chi connectivity index (χ4v) is 5.09. The average molecular weight is 605 g/mol. The molecule has 0 amide bonds. The predicted octanol–water partition coefficient (Wildman–Crippen LogP) is 2.66.